The number of fused-ring (bicyclic) bond motifs is 1. The maximum Gasteiger partial charge on any atom is 0.273 e. The standard InChI is InChI=1S/C30H31N9O4.C20H26N8O3/c31-26(40)25-27(33-23-7-5-19(6-8-23)29(42)38-12-14-43-15-13-38)35-30(37-36-25)39-11-1-2-24(18-39)34-28(41)21-3-4-22-17-32-10-9-20(22)16-21;21-14-2-1-7-28(12-14)20-24-18(16(17(22)29)25-26-20)23-15-5-3-13(4-6-15)19(30)27-8-10-31-11-9-27/h3-10,16-17,24H,1-2,11-15,18H2,(H2,31,40)(H,34,41)(H,33,35,37);3-6,14H,1-2,7-12,21H2,(H2,22,29)(H,23,24,26)/t24-;14-/m11/s1. The second kappa shape index (κ2) is 23.4. The summed E-state index contributed by atoms with van der Waals surface area (Å²) in [6, 6.07) is 21.1. The Kier molecular flexibility index (Phi) is 15.9. The zero-order valence-electron chi connectivity index (χ0n) is 40.6. The third-order valence-corrected chi connectivity index (χ3v) is 12.9. The number of piperidine rings is 2. The fourth-order valence-electron chi connectivity index (χ4n) is 8.93. The summed E-state index contributed by atoms with van der Waals surface area (Å²) in [5.74, 6) is -0.711. The lowest BCUT2D eigenvalue weighted by molar-refractivity contribution is 0.0301. The molecule has 4 aliphatic rings. The van der Waals surface area contributed by atoms with Crippen molar-refractivity contribution < 1.29 is 33.4 Å². The van der Waals surface area contributed by atoms with Crippen molar-refractivity contribution in [3.8, 4) is 0 Å². The van der Waals surface area contributed by atoms with E-state index in [1.54, 1.807) is 76.8 Å². The lowest BCUT2D eigenvalue weighted by atomic mass is 10.0. The number of hydrogen-bond acceptors (Lipinski definition) is 19. The van der Waals surface area contributed by atoms with Gasteiger partial charge in [-0.3, -0.25) is 29.0 Å². The number of ether oxygens (including phenoxy) is 2. The fraction of sp³-hybridized carbons (Fsp3) is 0.360. The van der Waals surface area contributed by atoms with E-state index < -0.39 is 11.8 Å². The number of nitrogens with zero attached hydrogens (tertiary/aromatic N) is 11. The van der Waals surface area contributed by atoms with Crippen LogP contribution in [0.25, 0.3) is 10.8 Å². The molecule has 4 saturated heterocycles. The highest BCUT2D eigenvalue weighted by Gasteiger charge is 2.27. The van der Waals surface area contributed by atoms with E-state index in [1.807, 2.05) is 28.0 Å². The highest BCUT2D eigenvalue weighted by atomic mass is 16.5. The first kappa shape index (κ1) is 50.5. The van der Waals surface area contributed by atoms with Crippen LogP contribution in [0.15, 0.2) is 85.2 Å². The van der Waals surface area contributed by atoms with Crippen molar-refractivity contribution in [1.82, 2.24) is 50.5 Å². The van der Waals surface area contributed by atoms with Gasteiger partial charge in [-0.25, -0.2) is 0 Å². The first-order valence-corrected chi connectivity index (χ1v) is 24.4. The number of anilines is 6. The van der Waals surface area contributed by atoms with Gasteiger partial charge < -0.3 is 62.2 Å². The molecule has 74 heavy (non-hydrogen) atoms. The van der Waals surface area contributed by atoms with Crippen LogP contribution >= 0.6 is 0 Å². The molecule has 384 valence electrons. The summed E-state index contributed by atoms with van der Waals surface area (Å²) < 4.78 is 10.6. The number of aromatic nitrogens is 7. The summed E-state index contributed by atoms with van der Waals surface area (Å²) in [5, 5.41) is 27.5. The van der Waals surface area contributed by atoms with Gasteiger partial charge in [-0.15, -0.1) is 20.4 Å². The molecule has 5 amide bonds. The van der Waals surface area contributed by atoms with E-state index in [2.05, 4.69) is 51.3 Å². The molecule has 24 nitrogen and oxygen atoms in total. The van der Waals surface area contributed by atoms with Crippen LogP contribution in [0, 0.1) is 0 Å². The van der Waals surface area contributed by atoms with Gasteiger partial charge in [-0.05, 0) is 97.8 Å². The molecule has 10 rings (SSSR count). The molecule has 0 aliphatic carbocycles. The minimum atomic E-state index is -0.775. The van der Waals surface area contributed by atoms with Crippen LogP contribution in [-0.4, -0.2) is 166 Å². The number of carbonyl (C=O) groups is 5. The molecule has 7 heterocycles. The van der Waals surface area contributed by atoms with E-state index in [0.29, 0.717) is 112 Å². The molecule has 4 aliphatic heterocycles. The molecule has 6 aromatic rings. The monoisotopic (exact) mass is 1010 g/mol. The maximum absolute atomic E-state index is 13.1. The molecule has 0 radical (unpaired) electrons. The summed E-state index contributed by atoms with van der Waals surface area (Å²) in [5.41, 5.74) is 19.8. The average molecular weight is 1010 g/mol. The molecule has 0 unspecified atom stereocenters. The number of benzene rings is 3. The molecular weight excluding hydrogens is 951 g/mol. The van der Waals surface area contributed by atoms with E-state index in [-0.39, 0.29) is 52.8 Å². The summed E-state index contributed by atoms with van der Waals surface area (Å²) in [6.07, 6.45) is 6.95. The molecule has 0 spiro atoms. The van der Waals surface area contributed by atoms with Crippen LogP contribution in [-0.2, 0) is 9.47 Å². The van der Waals surface area contributed by atoms with Crippen molar-refractivity contribution in [2.24, 2.45) is 17.2 Å². The first-order chi connectivity index (χ1) is 35.9. The number of rotatable bonds is 12. The van der Waals surface area contributed by atoms with Gasteiger partial charge in [0.1, 0.15) is 0 Å². The topological polar surface area (TPSA) is 321 Å². The van der Waals surface area contributed by atoms with E-state index >= 15 is 0 Å². The molecular formula is C50H57N17O7. The molecule has 2 atom stereocenters. The highest BCUT2D eigenvalue weighted by Crippen LogP contribution is 2.25. The Hall–Kier alpha value is -8.48. The molecule has 0 saturated carbocycles. The summed E-state index contributed by atoms with van der Waals surface area (Å²) in [4.78, 5) is 82.9. The average Bonchev–Trinajstić information content (AvgIpc) is 3.43. The van der Waals surface area contributed by atoms with Gasteiger partial charge in [-0.1, -0.05) is 6.07 Å². The molecule has 24 heteroatoms. The summed E-state index contributed by atoms with van der Waals surface area (Å²) >= 11 is 0. The minimum absolute atomic E-state index is 0.0416. The van der Waals surface area contributed by atoms with Crippen molar-refractivity contribution in [3.05, 3.63) is 113 Å². The predicted octanol–water partition coefficient (Wildman–Crippen LogP) is 2.25. The van der Waals surface area contributed by atoms with Gasteiger partial charge in [0.2, 0.25) is 11.9 Å². The second-order valence-corrected chi connectivity index (χ2v) is 18.1. The van der Waals surface area contributed by atoms with Gasteiger partial charge in [0.25, 0.3) is 29.5 Å². The number of hydrogen-bond donors (Lipinski definition) is 6. The first-order valence-electron chi connectivity index (χ1n) is 24.4. The van der Waals surface area contributed by atoms with Gasteiger partial charge in [-0.2, -0.15) is 9.97 Å². The third-order valence-electron chi connectivity index (χ3n) is 12.9. The Bertz CT molecular complexity index is 2990. The Balaban J connectivity index is 0.000000192. The van der Waals surface area contributed by atoms with E-state index in [4.69, 9.17) is 26.7 Å². The third kappa shape index (κ3) is 12.4. The van der Waals surface area contributed by atoms with Crippen molar-refractivity contribution in [1.29, 1.82) is 0 Å². The predicted molar refractivity (Wildman–Crippen MR) is 273 cm³/mol. The Morgan fingerprint density at radius 1 is 0.568 bits per heavy atom. The normalized spacial score (nSPS) is 17.9. The van der Waals surface area contributed by atoms with Crippen molar-refractivity contribution in [3.63, 3.8) is 0 Å². The fourth-order valence-corrected chi connectivity index (χ4v) is 8.93. The molecule has 9 N–H and O–H groups in total. The zero-order chi connectivity index (χ0) is 51.6. The summed E-state index contributed by atoms with van der Waals surface area (Å²) in [7, 11) is 0. The lowest BCUT2D eigenvalue weighted by Gasteiger charge is -2.33. The number of morpholine rings is 2. The van der Waals surface area contributed by atoms with Crippen molar-refractivity contribution in [2.45, 2.75) is 37.8 Å². The zero-order valence-corrected chi connectivity index (χ0v) is 40.6. The van der Waals surface area contributed by atoms with Crippen LogP contribution in [0.3, 0.4) is 0 Å². The number of amides is 5. The van der Waals surface area contributed by atoms with Gasteiger partial charge in [0.05, 0.1) is 26.4 Å². The van der Waals surface area contributed by atoms with E-state index in [0.717, 1.165) is 43.0 Å². The largest absolute Gasteiger partial charge is 0.378 e. The minimum Gasteiger partial charge on any atom is -0.378 e. The Morgan fingerprint density at radius 3 is 1.58 bits per heavy atom. The van der Waals surface area contributed by atoms with Crippen LogP contribution in [0.5, 0.6) is 0 Å². The van der Waals surface area contributed by atoms with Gasteiger partial charge in [0, 0.05) is 110 Å². The van der Waals surface area contributed by atoms with Crippen LogP contribution in [0.4, 0.5) is 34.9 Å². The van der Waals surface area contributed by atoms with E-state index in [9.17, 15) is 24.0 Å². The number of nitrogens with two attached hydrogens (primary N) is 3. The maximum atomic E-state index is 13.1. The van der Waals surface area contributed by atoms with Crippen LogP contribution < -0.4 is 43.0 Å². The summed E-state index contributed by atoms with van der Waals surface area (Å²) in [6.45, 7) is 6.93. The molecule has 3 aromatic carbocycles. The highest BCUT2D eigenvalue weighted by molar-refractivity contribution is 5.99. The lowest BCUT2D eigenvalue weighted by Crippen LogP contribution is -2.48. The van der Waals surface area contributed by atoms with Crippen LogP contribution in [0.1, 0.15) is 77.7 Å². The second-order valence-electron chi connectivity index (χ2n) is 18.1. The quantitative estimate of drug-likeness (QED) is 0.102. The smallest absolute Gasteiger partial charge is 0.273 e. The molecule has 4 fully saturated rings. The van der Waals surface area contributed by atoms with Gasteiger partial charge in [0.15, 0.2) is 23.0 Å². The number of nitrogens with one attached hydrogen (secondary N) is 3. The van der Waals surface area contributed by atoms with Crippen LogP contribution in [0.2, 0.25) is 0 Å². The SMILES string of the molecule is NC(=O)c1nnc(N2CCC[C@@H](N)C2)nc1Nc1ccc(C(=O)N2CCOCC2)cc1.NC(=O)c1nnc(N2CCC[C@@H](NC(=O)c3ccc4cnccc4c3)C2)nc1Nc1ccc(C(=O)N2CCOCC2)cc1. The molecule has 3 aromatic heterocycles. The van der Waals surface area contributed by atoms with Crippen molar-refractivity contribution >= 4 is 75.2 Å². The molecule has 0 bridgehead atoms. The van der Waals surface area contributed by atoms with Gasteiger partial charge >= 0.3 is 0 Å². The Labute approximate surface area is 425 Å². The number of carbonyl (C=O) groups excluding carboxylic acids is 5. The number of pyridine rings is 1. The van der Waals surface area contributed by atoms with E-state index in [1.165, 1.54) is 0 Å². The Morgan fingerprint density at radius 2 is 1.07 bits per heavy atom. The number of primary amides is 2. The van der Waals surface area contributed by atoms with Crippen molar-refractivity contribution in [2.75, 3.05) is 99.2 Å².